The van der Waals surface area contributed by atoms with Crippen LogP contribution in [0.1, 0.15) is 25.7 Å². The van der Waals surface area contributed by atoms with Crippen molar-refractivity contribution in [2.24, 2.45) is 0 Å². The van der Waals surface area contributed by atoms with E-state index in [9.17, 15) is 0 Å². The first-order valence-corrected chi connectivity index (χ1v) is 6.80. The second-order valence-electron chi connectivity index (χ2n) is 3.80. The van der Waals surface area contributed by atoms with Gasteiger partial charge in [-0.2, -0.15) is 0 Å². The van der Waals surface area contributed by atoms with E-state index in [2.05, 4.69) is 9.80 Å². The summed E-state index contributed by atoms with van der Waals surface area (Å²) in [5.41, 5.74) is 0. The molecule has 0 aromatic carbocycles. The fourth-order valence-electron chi connectivity index (χ4n) is 2.15. The quantitative estimate of drug-likeness (QED) is 0.697. The van der Waals surface area contributed by atoms with Gasteiger partial charge in [0.05, 0.1) is 0 Å². The van der Waals surface area contributed by atoms with Crippen LogP contribution in [0.3, 0.4) is 0 Å². The zero-order chi connectivity index (χ0) is 8.39. The molecular formula is C9H17N2Y. The first-order chi connectivity index (χ1) is 5.88. The zero-order valence-corrected chi connectivity index (χ0v) is 11.2. The summed E-state index contributed by atoms with van der Waals surface area (Å²) in [6, 6.07) is 0. The molecule has 0 atom stereocenters. The van der Waals surface area contributed by atoms with Crippen LogP contribution in [-0.2, 0) is 30.4 Å². The summed E-state index contributed by atoms with van der Waals surface area (Å²) in [6.45, 7) is 5.35. The Bertz CT molecular complexity index is 151. The summed E-state index contributed by atoms with van der Waals surface area (Å²) in [5, 5.41) is 0. The normalized spacial score (nSPS) is 26.6. The molecule has 0 spiro atoms. The predicted molar refractivity (Wildman–Crippen MR) is 48.0 cm³/mol. The van der Waals surface area contributed by atoms with Gasteiger partial charge in [-0.05, 0) is 0 Å². The fraction of sp³-hybridized carbons (Fsp3) is 0.889. The van der Waals surface area contributed by atoms with Gasteiger partial charge in [-0.15, -0.1) is 0 Å². The average Bonchev–Trinajstić information content (AvgIpc) is 2.77. The van der Waals surface area contributed by atoms with Gasteiger partial charge in [0.2, 0.25) is 0 Å². The first kappa shape index (κ1) is 9.45. The molecular weight excluding hydrogens is 225 g/mol. The Hall–Kier alpha value is 0.894. The van der Waals surface area contributed by atoms with Crippen LogP contribution < -0.4 is 0 Å². The van der Waals surface area contributed by atoms with Crippen molar-refractivity contribution in [2.75, 3.05) is 26.2 Å². The molecule has 12 heavy (non-hydrogen) atoms. The van der Waals surface area contributed by atoms with E-state index in [1.54, 1.807) is 2.55 Å². The van der Waals surface area contributed by atoms with Gasteiger partial charge in [0.15, 0.2) is 0 Å². The summed E-state index contributed by atoms with van der Waals surface area (Å²) in [5.74, 6) is 0. The van der Waals surface area contributed by atoms with E-state index in [4.69, 9.17) is 0 Å². The molecule has 0 unspecified atom stereocenters. The van der Waals surface area contributed by atoms with Crippen molar-refractivity contribution in [3.8, 4) is 0 Å². The summed E-state index contributed by atoms with van der Waals surface area (Å²) < 4.78 is 1.70. The van der Waals surface area contributed by atoms with E-state index in [0.717, 1.165) is 30.4 Å². The van der Waals surface area contributed by atoms with Crippen LogP contribution in [0.5, 0.6) is 0 Å². The second kappa shape index (κ2) is 4.41. The van der Waals surface area contributed by atoms with E-state index in [1.807, 2.05) is 0 Å². The molecule has 2 fully saturated rings. The molecule has 2 nitrogen and oxygen atoms in total. The Morgan fingerprint density at radius 3 is 1.42 bits per heavy atom. The standard InChI is InChI=1S/C9H16N2.Y.H/c1-2-6-10(5-1)9-11-7-3-4-8-11;;/h1-8H2;;. The Morgan fingerprint density at radius 2 is 1.08 bits per heavy atom. The van der Waals surface area contributed by atoms with Gasteiger partial charge < -0.3 is 0 Å². The minimum atomic E-state index is 1.01. The molecule has 2 saturated heterocycles. The molecule has 0 bridgehead atoms. The number of rotatable bonds is 2. The Labute approximate surface area is 94.2 Å². The number of nitrogens with zero attached hydrogens (tertiary/aromatic N) is 2. The van der Waals surface area contributed by atoms with Crippen molar-refractivity contribution in [2.45, 2.75) is 25.7 Å². The number of hydrogen-bond donors (Lipinski definition) is 0. The van der Waals surface area contributed by atoms with Crippen molar-refractivity contribution < 1.29 is 30.4 Å². The van der Waals surface area contributed by atoms with Crippen molar-refractivity contribution in [3.63, 3.8) is 0 Å². The zero-order valence-electron chi connectivity index (χ0n) is 7.76. The summed E-state index contributed by atoms with van der Waals surface area (Å²) in [6.07, 6.45) is 5.68. The molecule has 2 heterocycles. The van der Waals surface area contributed by atoms with Crippen LogP contribution in [0.4, 0.5) is 0 Å². The summed E-state index contributed by atoms with van der Waals surface area (Å²) in [7, 11) is 0. The van der Waals surface area contributed by atoms with Crippen molar-refractivity contribution >= 4 is 2.55 Å². The number of likely N-dealkylation sites (tertiary alicyclic amines) is 2. The van der Waals surface area contributed by atoms with E-state index < -0.39 is 0 Å². The van der Waals surface area contributed by atoms with Crippen LogP contribution in [-0.4, -0.2) is 38.5 Å². The molecule has 0 N–H and O–H groups in total. The van der Waals surface area contributed by atoms with Crippen LogP contribution >= 0.6 is 0 Å². The van der Waals surface area contributed by atoms with E-state index in [-0.39, 0.29) is 0 Å². The summed E-state index contributed by atoms with van der Waals surface area (Å²) in [4.78, 5) is 5.24. The van der Waals surface area contributed by atoms with Crippen LogP contribution in [0, 0.1) is 0 Å². The molecule has 0 aromatic rings. The molecule has 0 saturated carbocycles. The summed E-state index contributed by atoms with van der Waals surface area (Å²) >= 11 is 1.01. The van der Waals surface area contributed by atoms with Gasteiger partial charge in [0.1, 0.15) is 0 Å². The fourth-order valence-corrected chi connectivity index (χ4v) is 3.71. The third kappa shape index (κ3) is 2.03. The maximum atomic E-state index is 2.62. The molecule has 3 heteroatoms. The van der Waals surface area contributed by atoms with E-state index in [1.165, 1.54) is 51.9 Å². The molecule has 2 aliphatic heterocycles. The number of hydrogen-bond acceptors (Lipinski definition) is 2. The van der Waals surface area contributed by atoms with Gasteiger partial charge >= 0.3 is 94.7 Å². The molecule has 0 amide bonds. The molecule has 2 rings (SSSR count). The predicted octanol–water partition coefficient (Wildman–Crippen LogP) is 0.544. The maximum absolute atomic E-state index is 2.62. The Morgan fingerprint density at radius 1 is 0.750 bits per heavy atom. The average molecular weight is 242 g/mol. The minimum absolute atomic E-state index is 1.01. The van der Waals surface area contributed by atoms with Crippen molar-refractivity contribution in [1.82, 2.24) is 9.80 Å². The van der Waals surface area contributed by atoms with Gasteiger partial charge in [-0.3, -0.25) is 0 Å². The van der Waals surface area contributed by atoms with Gasteiger partial charge in [0, 0.05) is 0 Å². The van der Waals surface area contributed by atoms with Gasteiger partial charge in [-0.25, -0.2) is 0 Å². The van der Waals surface area contributed by atoms with Gasteiger partial charge in [0.25, 0.3) is 0 Å². The van der Waals surface area contributed by atoms with Crippen LogP contribution in [0.25, 0.3) is 0 Å². The van der Waals surface area contributed by atoms with Crippen LogP contribution in [0.2, 0.25) is 0 Å². The van der Waals surface area contributed by atoms with Crippen molar-refractivity contribution in [1.29, 1.82) is 0 Å². The van der Waals surface area contributed by atoms with Crippen LogP contribution in [0.15, 0.2) is 0 Å². The monoisotopic (exact) mass is 242 g/mol. The Kier molecular flexibility index (Phi) is 3.47. The molecule has 2 aliphatic rings. The first-order valence-electron chi connectivity index (χ1n) is 5.07. The third-order valence-electron chi connectivity index (χ3n) is 2.94. The molecule has 66 valence electrons. The Balaban J connectivity index is 1.89. The second-order valence-corrected chi connectivity index (χ2v) is 5.36. The van der Waals surface area contributed by atoms with E-state index >= 15 is 0 Å². The van der Waals surface area contributed by atoms with Gasteiger partial charge in [-0.1, -0.05) is 0 Å². The molecule has 0 aliphatic carbocycles. The molecule has 0 radical (unpaired) electrons. The molecule has 0 aromatic heterocycles. The topological polar surface area (TPSA) is 6.48 Å². The third-order valence-corrected chi connectivity index (χ3v) is 5.14. The van der Waals surface area contributed by atoms with Crippen molar-refractivity contribution in [3.05, 3.63) is 0 Å². The van der Waals surface area contributed by atoms with E-state index in [0.29, 0.717) is 0 Å². The SMILES string of the molecule is [YH]=[C](N1CCCC1)N1CCCC1.